The quantitative estimate of drug-likeness (QED) is 0.773. The van der Waals surface area contributed by atoms with E-state index < -0.39 is 17.4 Å². The van der Waals surface area contributed by atoms with Crippen LogP contribution in [0.3, 0.4) is 0 Å². The minimum atomic E-state index is -0.982. The van der Waals surface area contributed by atoms with Crippen molar-refractivity contribution >= 4 is 27.8 Å². The third kappa shape index (κ3) is 3.94. The van der Waals surface area contributed by atoms with E-state index >= 15 is 0 Å². The number of aliphatic carboxylic acids is 1. The number of carboxylic acids is 1. The van der Waals surface area contributed by atoms with Gasteiger partial charge in [0.05, 0.1) is 37.3 Å². The maximum Gasteiger partial charge on any atom is 0.305 e. The van der Waals surface area contributed by atoms with Crippen LogP contribution in [0.15, 0.2) is 16.6 Å². The molecule has 0 radical (unpaired) electrons. The number of halogens is 1. The Morgan fingerprint density at radius 3 is 2.65 bits per heavy atom. The normalized spacial score (nSPS) is 20.1. The average molecular weight is 388 g/mol. The van der Waals surface area contributed by atoms with Gasteiger partial charge in [0.1, 0.15) is 0 Å². The number of amides is 1. The Labute approximate surface area is 142 Å². The van der Waals surface area contributed by atoms with Gasteiger partial charge in [0.25, 0.3) is 5.91 Å². The van der Waals surface area contributed by atoms with E-state index in [1.807, 2.05) is 0 Å². The Kier molecular flexibility index (Phi) is 5.48. The molecule has 7 nitrogen and oxygen atoms in total. The molecule has 0 saturated carbocycles. The molecule has 1 saturated heterocycles. The second-order valence-electron chi connectivity index (χ2n) is 5.30. The highest BCUT2D eigenvalue weighted by molar-refractivity contribution is 9.10. The predicted octanol–water partition coefficient (Wildman–Crippen LogP) is 1.83. The van der Waals surface area contributed by atoms with Crippen LogP contribution in [0.2, 0.25) is 0 Å². The fraction of sp³-hybridized carbons (Fsp3) is 0.467. The van der Waals surface area contributed by atoms with Gasteiger partial charge in [0.15, 0.2) is 11.5 Å². The lowest BCUT2D eigenvalue weighted by Crippen LogP contribution is -2.50. The summed E-state index contributed by atoms with van der Waals surface area (Å²) in [7, 11) is 2.97. The number of nitrogens with one attached hydrogen (secondary N) is 1. The number of hydrogen-bond donors (Lipinski definition) is 2. The van der Waals surface area contributed by atoms with E-state index in [0.29, 0.717) is 34.6 Å². The van der Waals surface area contributed by atoms with Crippen LogP contribution in [-0.4, -0.2) is 50.0 Å². The van der Waals surface area contributed by atoms with E-state index in [1.165, 1.54) is 14.2 Å². The Bertz CT molecular complexity index is 612. The van der Waals surface area contributed by atoms with Crippen molar-refractivity contribution in [1.82, 2.24) is 5.32 Å². The van der Waals surface area contributed by atoms with Crippen LogP contribution in [0.4, 0.5) is 0 Å². The van der Waals surface area contributed by atoms with E-state index in [9.17, 15) is 9.59 Å². The van der Waals surface area contributed by atoms with Crippen molar-refractivity contribution in [3.63, 3.8) is 0 Å². The highest BCUT2D eigenvalue weighted by atomic mass is 79.9. The second-order valence-corrected chi connectivity index (χ2v) is 6.16. The topological polar surface area (TPSA) is 94.1 Å². The van der Waals surface area contributed by atoms with Crippen LogP contribution >= 0.6 is 15.9 Å². The number of methoxy groups -OCH3 is 2. The molecular weight excluding hydrogens is 370 g/mol. The van der Waals surface area contributed by atoms with E-state index in [1.54, 1.807) is 12.1 Å². The summed E-state index contributed by atoms with van der Waals surface area (Å²) in [6.45, 7) is 0.600. The van der Waals surface area contributed by atoms with Gasteiger partial charge < -0.3 is 24.6 Å². The fourth-order valence-electron chi connectivity index (χ4n) is 2.54. The van der Waals surface area contributed by atoms with E-state index in [-0.39, 0.29) is 13.0 Å². The molecule has 1 aliphatic heterocycles. The number of benzene rings is 1. The molecule has 8 heteroatoms. The Morgan fingerprint density at radius 1 is 1.39 bits per heavy atom. The molecule has 1 aliphatic rings. The maximum absolute atomic E-state index is 12.5. The first kappa shape index (κ1) is 17.6. The molecule has 0 bridgehead atoms. The number of ether oxygens (including phenoxy) is 3. The van der Waals surface area contributed by atoms with E-state index in [0.717, 1.165) is 0 Å². The summed E-state index contributed by atoms with van der Waals surface area (Å²) in [6.07, 6.45) is 0.271. The summed E-state index contributed by atoms with van der Waals surface area (Å²) >= 11 is 3.33. The molecule has 23 heavy (non-hydrogen) atoms. The first-order valence-corrected chi connectivity index (χ1v) is 7.73. The zero-order valence-corrected chi connectivity index (χ0v) is 14.4. The van der Waals surface area contributed by atoms with Gasteiger partial charge in [-0.25, -0.2) is 0 Å². The van der Waals surface area contributed by atoms with Crippen LogP contribution in [0, 0.1) is 0 Å². The molecule has 1 aromatic carbocycles. The van der Waals surface area contributed by atoms with Gasteiger partial charge in [-0.1, -0.05) is 0 Å². The van der Waals surface area contributed by atoms with Gasteiger partial charge >= 0.3 is 5.97 Å². The van der Waals surface area contributed by atoms with Crippen molar-refractivity contribution in [1.29, 1.82) is 0 Å². The molecule has 1 heterocycles. The number of rotatable bonds is 6. The summed E-state index contributed by atoms with van der Waals surface area (Å²) in [5, 5.41) is 11.9. The van der Waals surface area contributed by atoms with Crippen molar-refractivity contribution in [3.05, 3.63) is 22.2 Å². The average Bonchev–Trinajstić information content (AvgIpc) is 2.93. The minimum absolute atomic E-state index is 0.180. The monoisotopic (exact) mass is 387 g/mol. The summed E-state index contributed by atoms with van der Waals surface area (Å²) in [5.41, 5.74) is -0.547. The standard InChI is InChI=1S/C15H18BrNO6/c1-21-11-6-9(5-10(16)13(11)22-2)14(20)17-15(7-12(18)19)3-4-23-8-15/h5-6H,3-4,7-8H2,1-2H3,(H,17,20)(H,18,19). The SMILES string of the molecule is COc1cc(C(=O)NC2(CC(=O)O)CCOC2)cc(Br)c1OC. The lowest BCUT2D eigenvalue weighted by Gasteiger charge is -2.27. The van der Waals surface area contributed by atoms with Gasteiger partial charge in [-0.05, 0) is 34.5 Å². The molecule has 1 amide bonds. The van der Waals surface area contributed by atoms with Gasteiger partial charge in [-0.15, -0.1) is 0 Å². The smallest absolute Gasteiger partial charge is 0.305 e. The molecule has 0 aliphatic carbocycles. The van der Waals surface area contributed by atoms with Gasteiger partial charge in [0, 0.05) is 12.2 Å². The van der Waals surface area contributed by atoms with Crippen molar-refractivity contribution in [2.45, 2.75) is 18.4 Å². The maximum atomic E-state index is 12.5. The third-order valence-corrected chi connectivity index (χ3v) is 4.26. The number of carboxylic acid groups (broad SMARTS) is 1. The number of carbonyl (C=O) groups excluding carboxylic acids is 1. The number of hydrogen-bond acceptors (Lipinski definition) is 5. The first-order valence-electron chi connectivity index (χ1n) is 6.94. The van der Waals surface area contributed by atoms with Crippen molar-refractivity contribution in [2.75, 3.05) is 27.4 Å². The van der Waals surface area contributed by atoms with E-state index in [2.05, 4.69) is 21.2 Å². The Balaban J connectivity index is 2.26. The molecule has 2 rings (SSSR count). The molecule has 0 spiro atoms. The minimum Gasteiger partial charge on any atom is -0.493 e. The summed E-state index contributed by atoms with van der Waals surface area (Å²) in [4.78, 5) is 23.6. The summed E-state index contributed by atoms with van der Waals surface area (Å²) in [6, 6.07) is 3.14. The molecule has 1 fully saturated rings. The van der Waals surface area contributed by atoms with Crippen LogP contribution in [0.1, 0.15) is 23.2 Å². The van der Waals surface area contributed by atoms with Gasteiger partial charge in [-0.3, -0.25) is 9.59 Å². The fourth-order valence-corrected chi connectivity index (χ4v) is 3.14. The number of carbonyl (C=O) groups is 2. The van der Waals surface area contributed by atoms with Crippen molar-refractivity contribution < 1.29 is 28.9 Å². The molecular formula is C15H18BrNO6. The molecule has 126 valence electrons. The first-order chi connectivity index (χ1) is 10.9. The van der Waals surface area contributed by atoms with Crippen LogP contribution < -0.4 is 14.8 Å². The van der Waals surface area contributed by atoms with Crippen LogP contribution in [-0.2, 0) is 9.53 Å². The van der Waals surface area contributed by atoms with Crippen molar-refractivity contribution in [3.8, 4) is 11.5 Å². The molecule has 2 N–H and O–H groups in total. The van der Waals surface area contributed by atoms with Gasteiger partial charge in [0.2, 0.25) is 0 Å². The molecule has 1 aromatic rings. The largest absolute Gasteiger partial charge is 0.493 e. The zero-order valence-electron chi connectivity index (χ0n) is 12.8. The lowest BCUT2D eigenvalue weighted by atomic mass is 9.93. The van der Waals surface area contributed by atoms with Crippen molar-refractivity contribution in [2.24, 2.45) is 0 Å². The molecule has 0 aromatic heterocycles. The lowest BCUT2D eigenvalue weighted by molar-refractivity contribution is -0.138. The Hall–Kier alpha value is -1.80. The third-order valence-electron chi connectivity index (χ3n) is 3.67. The second kappa shape index (κ2) is 7.18. The van der Waals surface area contributed by atoms with Crippen LogP contribution in [0.25, 0.3) is 0 Å². The molecule has 1 unspecified atom stereocenters. The predicted molar refractivity (Wildman–Crippen MR) is 85.1 cm³/mol. The highest BCUT2D eigenvalue weighted by Gasteiger charge is 2.39. The zero-order chi connectivity index (χ0) is 17.0. The summed E-state index contributed by atoms with van der Waals surface area (Å²) in [5.74, 6) is -0.488. The van der Waals surface area contributed by atoms with Gasteiger partial charge in [-0.2, -0.15) is 0 Å². The highest BCUT2D eigenvalue weighted by Crippen LogP contribution is 2.36. The van der Waals surface area contributed by atoms with E-state index in [4.69, 9.17) is 19.3 Å². The molecule has 1 atom stereocenters. The van der Waals surface area contributed by atoms with Crippen LogP contribution in [0.5, 0.6) is 11.5 Å². The summed E-state index contributed by atoms with van der Waals surface area (Å²) < 4.78 is 16.3. The Morgan fingerprint density at radius 2 is 2.13 bits per heavy atom.